The lowest BCUT2D eigenvalue weighted by Gasteiger charge is -2.08. The molecule has 18 heavy (non-hydrogen) atoms. The molecule has 0 amide bonds. The highest BCUT2D eigenvalue weighted by atomic mass is 32.2. The first kappa shape index (κ1) is 12.5. The minimum atomic E-state index is 0.00318. The number of aromatic nitrogens is 1. The predicted octanol–water partition coefficient (Wildman–Crippen LogP) is 2.43. The number of nitrogens with one attached hydrogen (secondary N) is 1. The minimum Gasteiger partial charge on any atom is -0.497 e. The molecular formula is C12H13N3O2S. The van der Waals surface area contributed by atoms with Gasteiger partial charge in [-0.25, -0.2) is 4.98 Å². The molecule has 0 unspecified atom stereocenters. The summed E-state index contributed by atoms with van der Waals surface area (Å²) < 4.78 is 10.4. The van der Waals surface area contributed by atoms with E-state index in [9.17, 15) is 0 Å². The first-order valence-corrected chi connectivity index (χ1v) is 6.04. The Balaban J connectivity index is 2.37. The summed E-state index contributed by atoms with van der Waals surface area (Å²) in [5.74, 6) is 0.703. The second-order valence-corrected chi connectivity index (χ2v) is 4.63. The first-order valence-electron chi connectivity index (χ1n) is 5.22. The van der Waals surface area contributed by atoms with Gasteiger partial charge in [-0.15, -0.1) is 0 Å². The van der Waals surface area contributed by atoms with Gasteiger partial charge < -0.3 is 14.9 Å². The van der Waals surface area contributed by atoms with Crippen LogP contribution in [0.1, 0.15) is 11.3 Å². The summed E-state index contributed by atoms with van der Waals surface area (Å²) in [6.45, 7) is 1.85. The van der Waals surface area contributed by atoms with Crippen molar-refractivity contribution in [3.63, 3.8) is 0 Å². The molecule has 0 saturated heterocycles. The number of hydrogen-bond donors (Lipinski definition) is 2. The first-order chi connectivity index (χ1) is 8.60. The molecule has 1 heterocycles. The minimum absolute atomic E-state index is 0.00318. The van der Waals surface area contributed by atoms with E-state index in [2.05, 4.69) is 4.98 Å². The molecule has 1 aromatic carbocycles. The van der Waals surface area contributed by atoms with Gasteiger partial charge in [0.15, 0.2) is 0 Å². The van der Waals surface area contributed by atoms with Gasteiger partial charge in [-0.2, -0.15) is 0 Å². The van der Waals surface area contributed by atoms with Gasteiger partial charge in [0.2, 0.25) is 0 Å². The Kier molecular flexibility index (Phi) is 3.57. The molecule has 0 radical (unpaired) electrons. The molecule has 0 fully saturated rings. The smallest absolute Gasteiger partial charge is 0.260 e. The number of oxazole rings is 1. The van der Waals surface area contributed by atoms with E-state index >= 15 is 0 Å². The Morgan fingerprint density at radius 2 is 2.28 bits per heavy atom. The fourth-order valence-corrected chi connectivity index (χ4v) is 2.35. The highest BCUT2D eigenvalue weighted by Gasteiger charge is 2.11. The van der Waals surface area contributed by atoms with E-state index in [0.717, 1.165) is 10.6 Å². The summed E-state index contributed by atoms with van der Waals surface area (Å²) >= 11 is 1.31. The number of benzene rings is 1. The van der Waals surface area contributed by atoms with Crippen molar-refractivity contribution < 1.29 is 9.15 Å². The number of nitrogens with two attached hydrogens (primary N) is 1. The Hall–Kier alpha value is -1.95. The second-order valence-electron chi connectivity index (χ2n) is 3.63. The molecule has 0 aliphatic rings. The fraction of sp³-hybridized carbons (Fsp3) is 0.167. The second kappa shape index (κ2) is 5.14. The Morgan fingerprint density at radius 3 is 2.83 bits per heavy atom. The number of methoxy groups -OCH3 is 1. The number of amidine groups is 1. The molecule has 3 N–H and O–H groups in total. The zero-order chi connectivity index (χ0) is 13.1. The van der Waals surface area contributed by atoms with E-state index < -0.39 is 0 Å². The lowest BCUT2D eigenvalue weighted by molar-refractivity contribution is 0.413. The van der Waals surface area contributed by atoms with Crippen molar-refractivity contribution in [3.8, 4) is 5.75 Å². The Bertz CT molecular complexity index is 580. The number of aryl methyl sites for hydroxylation is 1. The van der Waals surface area contributed by atoms with Gasteiger partial charge in [0.25, 0.3) is 5.22 Å². The fourth-order valence-electron chi connectivity index (χ4n) is 1.41. The maximum atomic E-state index is 7.55. The molecule has 0 atom stereocenters. The van der Waals surface area contributed by atoms with Crippen LogP contribution in [-0.2, 0) is 0 Å². The quantitative estimate of drug-likeness (QED) is 0.653. The highest BCUT2D eigenvalue weighted by molar-refractivity contribution is 7.99. The van der Waals surface area contributed by atoms with Crippen molar-refractivity contribution >= 4 is 17.6 Å². The summed E-state index contributed by atoms with van der Waals surface area (Å²) in [5, 5.41) is 8.06. The predicted molar refractivity (Wildman–Crippen MR) is 69.4 cm³/mol. The van der Waals surface area contributed by atoms with Crippen LogP contribution in [0.5, 0.6) is 5.75 Å². The van der Waals surface area contributed by atoms with E-state index in [-0.39, 0.29) is 5.84 Å². The van der Waals surface area contributed by atoms with Gasteiger partial charge in [0.05, 0.1) is 12.8 Å². The third kappa shape index (κ3) is 2.65. The molecule has 2 aromatic rings. The van der Waals surface area contributed by atoms with Crippen LogP contribution in [0.15, 0.2) is 39.0 Å². The Labute approximate surface area is 109 Å². The number of hydrogen-bond acceptors (Lipinski definition) is 5. The normalized spacial score (nSPS) is 10.3. The zero-order valence-electron chi connectivity index (χ0n) is 10.1. The average Bonchev–Trinajstić information content (AvgIpc) is 2.74. The number of nitrogen functional groups attached to an aromatic ring is 1. The lowest BCUT2D eigenvalue weighted by atomic mass is 10.2. The van der Waals surface area contributed by atoms with Crippen molar-refractivity contribution in [2.45, 2.75) is 17.0 Å². The zero-order valence-corrected chi connectivity index (χ0v) is 10.9. The molecule has 0 aliphatic heterocycles. The van der Waals surface area contributed by atoms with Crippen molar-refractivity contribution in [3.05, 3.63) is 35.7 Å². The van der Waals surface area contributed by atoms with Crippen LogP contribution >= 0.6 is 11.8 Å². The maximum absolute atomic E-state index is 7.55. The van der Waals surface area contributed by atoms with Crippen LogP contribution in [0.25, 0.3) is 0 Å². The van der Waals surface area contributed by atoms with Crippen LogP contribution in [0, 0.1) is 12.3 Å². The van der Waals surface area contributed by atoms with Crippen LogP contribution in [0.3, 0.4) is 0 Å². The van der Waals surface area contributed by atoms with E-state index in [1.807, 2.05) is 6.92 Å². The van der Waals surface area contributed by atoms with Crippen LogP contribution < -0.4 is 10.5 Å². The van der Waals surface area contributed by atoms with Crippen molar-refractivity contribution in [1.29, 1.82) is 5.41 Å². The van der Waals surface area contributed by atoms with Crippen molar-refractivity contribution in [2.24, 2.45) is 5.73 Å². The largest absolute Gasteiger partial charge is 0.497 e. The summed E-state index contributed by atoms with van der Waals surface area (Å²) in [6.07, 6.45) is 1.58. The van der Waals surface area contributed by atoms with Gasteiger partial charge in [0, 0.05) is 10.5 Å². The molecule has 0 aliphatic carbocycles. The van der Waals surface area contributed by atoms with E-state index in [0.29, 0.717) is 16.5 Å². The van der Waals surface area contributed by atoms with Crippen LogP contribution in [-0.4, -0.2) is 17.9 Å². The van der Waals surface area contributed by atoms with Crippen LogP contribution in [0.4, 0.5) is 0 Å². The molecule has 2 rings (SSSR count). The highest BCUT2D eigenvalue weighted by Crippen LogP contribution is 2.32. The monoisotopic (exact) mass is 263 g/mol. The molecule has 0 bridgehead atoms. The van der Waals surface area contributed by atoms with Crippen molar-refractivity contribution in [1.82, 2.24) is 4.98 Å². The van der Waals surface area contributed by atoms with Gasteiger partial charge in [-0.05, 0) is 36.9 Å². The Morgan fingerprint density at radius 1 is 1.50 bits per heavy atom. The summed E-state index contributed by atoms with van der Waals surface area (Å²) in [7, 11) is 1.59. The topological polar surface area (TPSA) is 85.1 Å². The maximum Gasteiger partial charge on any atom is 0.260 e. The molecule has 6 heteroatoms. The average molecular weight is 263 g/mol. The molecule has 5 nitrogen and oxygen atoms in total. The van der Waals surface area contributed by atoms with Gasteiger partial charge in [0.1, 0.15) is 17.8 Å². The van der Waals surface area contributed by atoms with Gasteiger partial charge >= 0.3 is 0 Å². The van der Waals surface area contributed by atoms with E-state index in [1.165, 1.54) is 11.8 Å². The summed E-state index contributed by atoms with van der Waals surface area (Å²) in [4.78, 5) is 4.99. The third-order valence-corrected chi connectivity index (χ3v) is 3.19. The van der Waals surface area contributed by atoms with Crippen LogP contribution in [0.2, 0.25) is 0 Å². The number of nitrogens with zero attached hydrogens (tertiary/aromatic N) is 1. The van der Waals surface area contributed by atoms with E-state index in [4.69, 9.17) is 20.3 Å². The molecule has 94 valence electrons. The molecule has 0 spiro atoms. The van der Waals surface area contributed by atoms with E-state index in [1.54, 1.807) is 31.6 Å². The third-order valence-electron chi connectivity index (χ3n) is 2.27. The molecule has 1 aromatic heterocycles. The van der Waals surface area contributed by atoms with Crippen molar-refractivity contribution in [2.75, 3.05) is 7.11 Å². The molecule has 0 saturated carbocycles. The molecular weight excluding hydrogens is 250 g/mol. The standard InChI is InChI=1S/C12H13N3O2S/c1-7-6-17-12(15-7)18-10-5-8(16-2)3-4-9(10)11(13)14/h3-6H,1-2H3,(H3,13,14). The number of ether oxygens (including phenoxy) is 1. The summed E-state index contributed by atoms with van der Waals surface area (Å²) in [5.41, 5.74) is 6.99. The number of rotatable bonds is 4. The van der Waals surface area contributed by atoms with Gasteiger partial charge in [-0.1, -0.05) is 0 Å². The summed E-state index contributed by atoms with van der Waals surface area (Å²) in [6, 6.07) is 5.32. The SMILES string of the molecule is COc1ccc(C(=N)N)c(Sc2nc(C)co2)c1. The van der Waals surface area contributed by atoms with Gasteiger partial charge in [-0.3, -0.25) is 5.41 Å². The lowest BCUT2D eigenvalue weighted by Crippen LogP contribution is -2.12.